The minimum atomic E-state index is -3.64. The van der Waals surface area contributed by atoms with E-state index < -0.39 is 10.0 Å². The lowest BCUT2D eigenvalue weighted by Gasteiger charge is -2.34. The SMILES string of the molecule is Cc1ccc(C(=O)N2CCN(CCc3ccc(S(N)(=O)=O)cc3)CC2)cc1. The lowest BCUT2D eigenvalue weighted by Crippen LogP contribution is -2.49. The molecular formula is C20H25N3O3S. The summed E-state index contributed by atoms with van der Waals surface area (Å²) < 4.78 is 22.6. The molecular weight excluding hydrogens is 362 g/mol. The molecule has 27 heavy (non-hydrogen) atoms. The highest BCUT2D eigenvalue weighted by Crippen LogP contribution is 2.12. The van der Waals surface area contributed by atoms with Crippen LogP contribution in [0.2, 0.25) is 0 Å². The normalized spacial score (nSPS) is 15.7. The summed E-state index contributed by atoms with van der Waals surface area (Å²) in [6.45, 7) is 6.00. The molecule has 144 valence electrons. The Hall–Kier alpha value is -2.22. The molecule has 2 N–H and O–H groups in total. The fourth-order valence-electron chi connectivity index (χ4n) is 3.19. The number of sulfonamides is 1. The lowest BCUT2D eigenvalue weighted by atomic mass is 10.1. The molecule has 1 saturated heterocycles. The molecule has 3 rings (SSSR count). The summed E-state index contributed by atoms with van der Waals surface area (Å²) in [5, 5.41) is 5.12. The minimum Gasteiger partial charge on any atom is -0.336 e. The van der Waals surface area contributed by atoms with Crippen molar-refractivity contribution >= 4 is 15.9 Å². The molecule has 0 radical (unpaired) electrons. The Morgan fingerprint density at radius 1 is 0.963 bits per heavy atom. The van der Waals surface area contributed by atoms with Gasteiger partial charge in [-0.05, 0) is 43.2 Å². The molecule has 0 atom stereocenters. The van der Waals surface area contributed by atoms with Gasteiger partial charge in [0.25, 0.3) is 5.91 Å². The van der Waals surface area contributed by atoms with Crippen LogP contribution in [0.1, 0.15) is 21.5 Å². The highest BCUT2D eigenvalue weighted by atomic mass is 32.2. The van der Waals surface area contributed by atoms with Gasteiger partial charge in [-0.2, -0.15) is 0 Å². The van der Waals surface area contributed by atoms with Crippen LogP contribution in [0.5, 0.6) is 0 Å². The van der Waals surface area contributed by atoms with E-state index in [0.29, 0.717) is 0 Å². The number of primary sulfonamides is 1. The second kappa shape index (κ2) is 8.21. The van der Waals surface area contributed by atoms with Gasteiger partial charge in [0.2, 0.25) is 10.0 Å². The maximum Gasteiger partial charge on any atom is 0.253 e. The molecule has 0 spiro atoms. The van der Waals surface area contributed by atoms with Crippen LogP contribution in [0, 0.1) is 6.92 Å². The van der Waals surface area contributed by atoms with Crippen molar-refractivity contribution in [3.8, 4) is 0 Å². The third-order valence-electron chi connectivity index (χ3n) is 4.93. The van der Waals surface area contributed by atoms with Gasteiger partial charge in [0.15, 0.2) is 0 Å². The Balaban J connectivity index is 1.48. The monoisotopic (exact) mass is 387 g/mol. The van der Waals surface area contributed by atoms with Crippen LogP contribution in [0.25, 0.3) is 0 Å². The molecule has 6 nitrogen and oxygen atoms in total. The van der Waals surface area contributed by atoms with Crippen molar-refractivity contribution in [3.63, 3.8) is 0 Å². The molecule has 0 unspecified atom stereocenters. The van der Waals surface area contributed by atoms with Crippen molar-refractivity contribution in [3.05, 3.63) is 65.2 Å². The number of carbonyl (C=O) groups is 1. The first-order valence-corrected chi connectivity index (χ1v) is 10.6. The molecule has 1 aliphatic rings. The van der Waals surface area contributed by atoms with Crippen LogP contribution in [0.3, 0.4) is 0 Å². The smallest absolute Gasteiger partial charge is 0.253 e. The molecule has 0 bridgehead atoms. The van der Waals surface area contributed by atoms with E-state index in [0.717, 1.165) is 55.8 Å². The Bertz CT molecular complexity index is 885. The Kier molecular flexibility index (Phi) is 5.94. The quantitative estimate of drug-likeness (QED) is 0.845. The van der Waals surface area contributed by atoms with Crippen LogP contribution in [-0.4, -0.2) is 56.8 Å². The van der Waals surface area contributed by atoms with E-state index in [9.17, 15) is 13.2 Å². The maximum absolute atomic E-state index is 12.6. The van der Waals surface area contributed by atoms with Gasteiger partial charge in [-0.15, -0.1) is 0 Å². The van der Waals surface area contributed by atoms with E-state index in [1.54, 1.807) is 24.3 Å². The molecule has 1 aliphatic heterocycles. The predicted molar refractivity (Wildman–Crippen MR) is 105 cm³/mol. The standard InChI is InChI=1S/C20H25N3O3S/c1-16-2-6-18(7-3-16)20(24)23-14-12-22(13-15-23)11-10-17-4-8-19(9-5-17)27(21,25)26/h2-9H,10-15H2,1H3,(H2,21,25,26). The molecule has 0 aliphatic carbocycles. The van der Waals surface area contributed by atoms with Crippen molar-refractivity contribution in [1.82, 2.24) is 9.80 Å². The number of hydrogen-bond acceptors (Lipinski definition) is 4. The van der Waals surface area contributed by atoms with E-state index >= 15 is 0 Å². The Morgan fingerprint density at radius 2 is 1.56 bits per heavy atom. The summed E-state index contributed by atoms with van der Waals surface area (Å²) in [6, 6.07) is 14.4. The topological polar surface area (TPSA) is 83.7 Å². The van der Waals surface area contributed by atoms with Crippen LogP contribution >= 0.6 is 0 Å². The number of carbonyl (C=O) groups excluding carboxylic acids is 1. The van der Waals surface area contributed by atoms with Crippen molar-refractivity contribution in [1.29, 1.82) is 0 Å². The van der Waals surface area contributed by atoms with Crippen molar-refractivity contribution in [2.24, 2.45) is 5.14 Å². The van der Waals surface area contributed by atoms with Gasteiger partial charge >= 0.3 is 0 Å². The fourth-order valence-corrected chi connectivity index (χ4v) is 3.70. The van der Waals surface area contributed by atoms with Crippen molar-refractivity contribution in [2.75, 3.05) is 32.7 Å². The number of aryl methyl sites for hydroxylation is 1. The number of rotatable bonds is 5. The first-order chi connectivity index (χ1) is 12.8. The van der Waals surface area contributed by atoms with Crippen LogP contribution in [-0.2, 0) is 16.4 Å². The zero-order valence-electron chi connectivity index (χ0n) is 15.5. The largest absolute Gasteiger partial charge is 0.336 e. The molecule has 0 aromatic heterocycles. The highest BCUT2D eigenvalue weighted by Gasteiger charge is 2.21. The van der Waals surface area contributed by atoms with Crippen LogP contribution < -0.4 is 5.14 Å². The number of benzene rings is 2. The van der Waals surface area contributed by atoms with Gasteiger partial charge in [-0.3, -0.25) is 9.69 Å². The van der Waals surface area contributed by atoms with Gasteiger partial charge in [-0.1, -0.05) is 29.8 Å². The lowest BCUT2D eigenvalue weighted by molar-refractivity contribution is 0.0638. The average molecular weight is 388 g/mol. The summed E-state index contributed by atoms with van der Waals surface area (Å²) >= 11 is 0. The van der Waals surface area contributed by atoms with Crippen molar-refractivity contribution < 1.29 is 13.2 Å². The Labute approximate surface area is 160 Å². The molecule has 1 heterocycles. The van der Waals surface area contributed by atoms with E-state index in [1.807, 2.05) is 36.1 Å². The van der Waals surface area contributed by atoms with Gasteiger partial charge in [-0.25, -0.2) is 13.6 Å². The van der Waals surface area contributed by atoms with Crippen LogP contribution in [0.15, 0.2) is 53.4 Å². The summed E-state index contributed by atoms with van der Waals surface area (Å²) in [7, 11) is -3.64. The first kappa shape index (κ1) is 19.5. The average Bonchev–Trinajstić information content (AvgIpc) is 2.66. The van der Waals surface area contributed by atoms with Gasteiger partial charge in [0.05, 0.1) is 4.90 Å². The van der Waals surface area contributed by atoms with Gasteiger partial charge in [0, 0.05) is 38.3 Å². The zero-order chi connectivity index (χ0) is 19.4. The maximum atomic E-state index is 12.6. The second-order valence-electron chi connectivity index (χ2n) is 6.94. The van der Waals surface area contributed by atoms with E-state index in [1.165, 1.54) is 0 Å². The molecule has 1 fully saturated rings. The number of nitrogens with zero attached hydrogens (tertiary/aromatic N) is 2. The summed E-state index contributed by atoms with van der Waals surface area (Å²) in [4.78, 5) is 16.9. The fraction of sp³-hybridized carbons (Fsp3) is 0.350. The zero-order valence-corrected chi connectivity index (χ0v) is 16.3. The number of hydrogen-bond donors (Lipinski definition) is 1. The third-order valence-corrected chi connectivity index (χ3v) is 5.86. The molecule has 0 saturated carbocycles. The number of nitrogens with two attached hydrogens (primary N) is 1. The van der Waals surface area contributed by atoms with Gasteiger partial charge in [0.1, 0.15) is 0 Å². The highest BCUT2D eigenvalue weighted by molar-refractivity contribution is 7.89. The molecule has 2 aromatic rings. The Morgan fingerprint density at radius 3 is 2.11 bits per heavy atom. The second-order valence-corrected chi connectivity index (χ2v) is 8.50. The van der Waals surface area contributed by atoms with E-state index in [-0.39, 0.29) is 10.8 Å². The molecule has 2 aromatic carbocycles. The minimum absolute atomic E-state index is 0.0910. The summed E-state index contributed by atoms with van der Waals surface area (Å²) in [5.74, 6) is 0.0910. The van der Waals surface area contributed by atoms with Gasteiger partial charge < -0.3 is 4.90 Å². The number of amides is 1. The van der Waals surface area contributed by atoms with Crippen LogP contribution in [0.4, 0.5) is 0 Å². The summed E-state index contributed by atoms with van der Waals surface area (Å²) in [6.07, 6.45) is 0.830. The molecule has 1 amide bonds. The number of piperazine rings is 1. The predicted octanol–water partition coefficient (Wildman–Crippen LogP) is 1.64. The third kappa shape index (κ3) is 5.15. The van der Waals surface area contributed by atoms with E-state index in [4.69, 9.17) is 5.14 Å². The first-order valence-electron chi connectivity index (χ1n) is 9.03. The van der Waals surface area contributed by atoms with E-state index in [2.05, 4.69) is 4.90 Å². The summed E-state index contributed by atoms with van der Waals surface area (Å²) in [5.41, 5.74) is 2.96. The van der Waals surface area contributed by atoms with Crippen molar-refractivity contribution in [2.45, 2.75) is 18.2 Å². The molecule has 7 heteroatoms.